The molecule has 0 saturated heterocycles. The van der Waals surface area contributed by atoms with E-state index in [2.05, 4.69) is 0 Å². The van der Waals surface area contributed by atoms with Crippen LogP contribution in [0.2, 0.25) is 0 Å². The summed E-state index contributed by atoms with van der Waals surface area (Å²) < 4.78 is 27.8. The van der Waals surface area contributed by atoms with Crippen molar-refractivity contribution in [3.8, 4) is 11.1 Å². The van der Waals surface area contributed by atoms with E-state index in [-0.39, 0.29) is 18.0 Å². The van der Waals surface area contributed by atoms with Crippen LogP contribution in [0.1, 0.15) is 41.3 Å². The Morgan fingerprint density at radius 1 is 0.935 bits per heavy atom. The highest BCUT2D eigenvalue weighted by Gasteiger charge is 2.35. The lowest BCUT2D eigenvalue weighted by atomic mass is 9.73. The average Bonchev–Trinajstić information content (AvgIpc) is 2.72. The first kappa shape index (κ1) is 19.6. The Hall–Kier alpha value is -3.40. The van der Waals surface area contributed by atoms with Crippen LogP contribution in [0.3, 0.4) is 0 Å². The summed E-state index contributed by atoms with van der Waals surface area (Å²) >= 11 is 0. The fourth-order valence-electron chi connectivity index (χ4n) is 4.64. The summed E-state index contributed by atoms with van der Waals surface area (Å²) in [5.74, 6) is -2.01. The lowest BCUT2D eigenvalue weighted by Crippen LogP contribution is -2.42. The maximum Gasteiger partial charge on any atom is 0.171 e. The van der Waals surface area contributed by atoms with E-state index in [0.717, 1.165) is 33.2 Å². The molecule has 0 fully saturated rings. The normalized spacial score (nSPS) is 18.4. The van der Waals surface area contributed by atoms with Gasteiger partial charge in [-0.25, -0.2) is 8.78 Å². The van der Waals surface area contributed by atoms with E-state index in [0.29, 0.717) is 11.1 Å². The molecule has 0 spiro atoms. The Balaban J connectivity index is 1.75. The van der Waals surface area contributed by atoms with Crippen LogP contribution in [0.15, 0.2) is 54.6 Å². The third kappa shape index (κ3) is 3.05. The molecule has 0 radical (unpaired) electrons. The maximum atomic E-state index is 14.4. The third-order valence-corrected chi connectivity index (χ3v) is 6.33. The number of carbonyl (C=O) groups excluding carboxylic acids is 2. The van der Waals surface area contributed by atoms with Crippen LogP contribution >= 0.6 is 0 Å². The second-order valence-electron chi connectivity index (χ2n) is 8.81. The first-order valence-electron chi connectivity index (χ1n) is 10.3. The molecule has 2 aliphatic rings. The molecule has 0 aliphatic heterocycles. The van der Waals surface area contributed by atoms with Crippen LogP contribution in [0, 0.1) is 17.0 Å². The van der Waals surface area contributed by atoms with Crippen LogP contribution in [0.4, 0.5) is 8.78 Å². The maximum absolute atomic E-state index is 14.4. The van der Waals surface area contributed by atoms with Crippen molar-refractivity contribution in [2.24, 2.45) is 5.41 Å². The summed E-state index contributed by atoms with van der Waals surface area (Å²) in [6.45, 7) is 3.67. The van der Waals surface area contributed by atoms with Gasteiger partial charge in [0.2, 0.25) is 0 Å². The first-order chi connectivity index (χ1) is 14.8. The van der Waals surface area contributed by atoms with Gasteiger partial charge in [-0.3, -0.25) is 9.59 Å². The van der Waals surface area contributed by atoms with E-state index >= 15 is 0 Å². The van der Waals surface area contributed by atoms with Crippen molar-refractivity contribution in [1.29, 1.82) is 0 Å². The molecule has 154 valence electrons. The van der Waals surface area contributed by atoms with Gasteiger partial charge in [0, 0.05) is 17.0 Å². The molecule has 0 amide bonds. The van der Waals surface area contributed by atoms with E-state index in [1.54, 1.807) is 6.08 Å². The minimum Gasteiger partial charge on any atom is -0.294 e. The fraction of sp³-hybridized carbons (Fsp3) is 0.185. The van der Waals surface area contributed by atoms with E-state index in [4.69, 9.17) is 0 Å². The number of fused-ring (bicyclic) bond motifs is 5. The highest BCUT2D eigenvalue weighted by molar-refractivity contribution is 6.15. The van der Waals surface area contributed by atoms with Crippen LogP contribution in [0.5, 0.6) is 0 Å². The van der Waals surface area contributed by atoms with Gasteiger partial charge >= 0.3 is 0 Å². The van der Waals surface area contributed by atoms with Crippen molar-refractivity contribution in [2.75, 3.05) is 0 Å². The van der Waals surface area contributed by atoms with Crippen LogP contribution < -0.4 is 10.4 Å². The van der Waals surface area contributed by atoms with Gasteiger partial charge in [-0.15, -0.1) is 0 Å². The molecule has 0 aromatic heterocycles. The van der Waals surface area contributed by atoms with Crippen molar-refractivity contribution in [3.05, 3.63) is 93.4 Å². The smallest absolute Gasteiger partial charge is 0.171 e. The molecule has 0 bridgehead atoms. The molecular formula is C27H20F2O2. The SMILES string of the molecule is CC1(C)C=c2c3c(ccc2=CC1=O)-c1ccccc1C(Cc1ccc(F)cc1F)C3=O. The minimum absolute atomic E-state index is 0.00598. The van der Waals surface area contributed by atoms with Gasteiger partial charge < -0.3 is 0 Å². The Kier molecular flexibility index (Phi) is 4.30. The van der Waals surface area contributed by atoms with Gasteiger partial charge in [0.25, 0.3) is 0 Å². The van der Waals surface area contributed by atoms with Gasteiger partial charge in [-0.1, -0.05) is 48.5 Å². The number of hydrogen-bond acceptors (Lipinski definition) is 2. The summed E-state index contributed by atoms with van der Waals surface area (Å²) in [7, 11) is 0. The van der Waals surface area contributed by atoms with E-state index in [9.17, 15) is 18.4 Å². The standard InChI is InChI=1S/C27H20F2O2/c1-27(2)14-22-15(12-24(27)30)8-10-20-18-5-3-4-6-19(18)21(26(31)25(20)22)11-16-7-9-17(28)13-23(16)29/h3-10,12-14,21H,11H2,1-2H3. The largest absolute Gasteiger partial charge is 0.294 e. The molecule has 2 nitrogen and oxygen atoms in total. The highest BCUT2D eigenvalue weighted by atomic mass is 19.1. The highest BCUT2D eigenvalue weighted by Crippen LogP contribution is 2.40. The van der Waals surface area contributed by atoms with Crippen LogP contribution in [0.25, 0.3) is 23.3 Å². The summed E-state index contributed by atoms with van der Waals surface area (Å²) in [5, 5.41) is 1.48. The van der Waals surface area contributed by atoms with Crippen molar-refractivity contribution >= 4 is 23.7 Å². The summed E-state index contributed by atoms with van der Waals surface area (Å²) in [6, 6.07) is 14.9. The van der Waals surface area contributed by atoms with Gasteiger partial charge in [0.05, 0.1) is 5.92 Å². The molecule has 2 aliphatic carbocycles. The van der Waals surface area contributed by atoms with Gasteiger partial charge in [0.15, 0.2) is 11.6 Å². The molecule has 0 heterocycles. The lowest BCUT2D eigenvalue weighted by molar-refractivity contribution is -0.118. The topological polar surface area (TPSA) is 34.1 Å². The number of Topliss-reactive ketones (excluding diaryl/α,β-unsaturated/α-hetero) is 2. The summed E-state index contributed by atoms with van der Waals surface area (Å²) in [5.41, 5.74) is 2.74. The Morgan fingerprint density at radius 2 is 1.71 bits per heavy atom. The van der Waals surface area contributed by atoms with E-state index < -0.39 is 23.0 Å². The zero-order valence-corrected chi connectivity index (χ0v) is 17.2. The lowest BCUT2D eigenvalue weighted by Gasteiger charge is -2.29. The minimum atomic E-state index is -0.710. The number of rotatable bonds is 2. The molecule has 1 unspecified atom stereocenters. The predicted octanol–water partition coefficient (Wildman–Crippen LogP) is 4.32. The van der Waals surface area contributed by atoms with Gasteiger partial charge in [-0.2, -0.15) is 0 Å². The van der Waals surface area contributed by atoms with Gasteiger partial charge in [-0.05, 0) is 65.1 Å². The van der Waals surface area contributed by atoms with Crippen molar-refractivity contribution in [2.45, 2.75) is 26.2 Å². The Bertz CT molecular complexity index is 1400. The molecule has 0 N–H and O–H groups in total. The first-order valence-corrected chi connectivity index (χ1v) is 10.3. The number of halogens is 2. The molecule has 0 saturated carbocycles. The van der Waals surface area contributed by atoms with E-state index in [1.165, 1.54) is 12.1 Å². The number of carbonyl (C=O) groups is 2. The summed E-state index contributed by atoms with van der Waals surface area (Å²) in [6.07, 6.45) is 3.60. The zero-order valence-electron chi connectivity index (χ0n) is 17.2. The molecule has 3 aromatic carbocycles. The fourth-order valence-corrected chi connectivity index (χ4v) is 4.64. The predicted molar refractivity (Wildman–Crippen MR) is 116 cm³/mol. The second kappa shape index (κ2) is 6.81. The Labute approximate surface area is 178 Å². The van der Waals surface area contributed by atoms with Crippen LogP contribution in [-0.4, -0.2) is 11.6 Å². The van der Waals surface area contributed by atoms with E-state index in [1.807, 2.05) is 56.3 Å². The molecular weight excluding hydrogens is 394 g/mol. The molecule has 3 aromatic rings. The van der Waals surface area contributed by atoms with Gasteiger partial charge in [0.1, 0.15) is 11.6 Å². The summed E-state index contributed by atoms with van der Waals surface area (Å²) in [4.78, 5) is 26.3. The van der Waals surface area contributed by atoms with Crippen molar-refractivity contribution in [3.63, 3.8) is 0 Å². The third-order valence-electron chi connectivity index (χ3n) is 6.33. The quantitative estimate of drug-likeness (QED) is 0.626. The molecule has 4 heteroatoms. The van der Waals surface area contributed by atoms with Crippen LogP contribution in [-0.2, 0) is 11.2 Å². The molecule has 31 heavy (non-hydrogen) atoms. The molecule has 1 atom stereocenters. The molecule has 5 rings (SSSR count). The average molecular weight is 414 g/mol. The number of hydrogen-bond donors (Lipinski definition) is 0. The number of benzene rings is 3. The number of ketones is 2. The zero-order chi connectivity index (χ0) is 21.9. The van der Waals surface area contributed by atoms with Crippen molar-refractivity contribution in [1.82, 2.24) is 0 Å². The monoisotopic (exact) mass is 414 g/mol. The second-order valence-corrected chi connectivity index (χ2v) is 8.81. The Morgan fingerprint density at radius 3 is 2.48 bits per heavy atom. The van der Waals surface area contributed by atoms with Crippen molar-refractivity contribution < 1.29 is 18.4 Å².